The molecule has 0 fully saturated rings. The van der Waals surface area contributed by atoms with Crippen molar-refractivity contribution in [1.29, 1.82) is 0 Å². The molecule has 0 saturated carbocycles. The van der Waals surface area contributed by atoms with Gasteiger partial charge in [-0.2, -0.15) is 18.3 Å². The monoisotopic (exact) mass is 343 g/mol. The van der Waals surface area contributed by atoms with E-state index in [4.69, 9.17) is 5.73 Å². The molecule has 0 aliphatic heterocycles. The first-order valence-corrected chi connectivity index (χ1v) is 6.75. The number of hydrogen-bond donors (Lipinski definition) is 1. The molecule has 19 heavy (non-hydrogen) atoms. The minimum absolute atomic E-state index is 0.0373. The Bertz CT molecular complexity index is 395. The number of hydrogen-bond acceptors (Lipinski definition) is 3. The summed E-state index contributed by atoms with van der Waals surface area (Å²) in [6.07, 6.45) is -1.45. The zero-order chi connectivity index (χ0) is 14.5. The molecule has 0 aliphatic rings. The molecule has 1 atom stereocenters. The van der Waals surface area contributed by atoms with E-state index < -0.39 is 18.8 Å². The van der Waals surface area contributed by atoms with Crippen LogP contribution in [0.1, 0.15) is 31.5 Å². The number of aryl methyl sites for hydroxylation is 1. The van der Waals surface area contributed by atoms with Crippen molar-refractivity contribution >= 4 is 15.9 Å². The lowest BCUT2D eigenvalue weighted by atomic mass is 10.1. The van der Waals surface area contributed by atoms with Crippen LogP contribution in [-0.2, 0) is 11.3 Å². The summed E-state index contributed by atoms with van der Waals surface area (Å²) < 4.78 is 42.8. The molecule has 1 heterocycles. The number of aromatic nitrogens is 2. The standard InChI is InChI=1S/C11H17BrF3N3O/c1-2-4-18-10(8(12)6-17-18)9(16)3-5-19-7-11(13,14)15/h6,9H,2-5,7,16H2,1H3. The maximum absolute atomic E-state index is 11.9. The minimum atomic E-state index is -4.30. The third kappa shape index (κ3) is 5.50. The van der Waals surface area contributed by atoms with Crippen molar-refractivity contribution < 1.29 is 17.9 Å². The number of nitrogens with zero attached hydrogens (tertiary/aromatic N) is 2. The average Bonchev–Trinajstić information content (AvgIpc) is 2.65. The minimum Gasteiger partial charge on any atom is -0.372 e. The Balaban J connectivity index is 2.49. The normalized spacial score (nSPS) is 13.8. The Morgan fingerprint density at radius 1 is 1.53 bits per heavy atom. The summed E-state index contributed by atoms with van der Waals surface area (Å²) in [5, 5.41) is 4.16. The van der Waals surface area contributed by atoms with Gasteiger partial charge in [-0.1, -0.05) is 6.92 Å². The van der Waals surface area contributed by atoms with E-state index in [0.29, 0.717) is 6.42 Å². The molecule has 0 aliphatic carbocycles. The van der Waals surface area contributed by atoms with Gasteiger partial charge in [0.25, 0.3) is 0 Å². The maximum atomic E-state index is 11.9. The van der Waals surface area contributed by atoms with Gasteiger partial charge in [-0.3, -0.25) is 4.68 Å². The Morgan fingerprint density at radius 3 is 2.79 bits per heavy atom. The number of rotatable bonds is 7. The lowest BCUT2D eigenvalue weighted by Crippen LogP contribution is -2.21. The van der Waals surface area contributed by atoms with Gasteiger partial charge < -0.3 is 10.5 Å². The molecule has 110 valence electrons. The van der Waals surface area contributed by atoms with E-state index in [1.165, 1.54) is 0 Å². The zero-order valence-electron chi connectivity index (χ0n) is 10.6. The first-order chi connectivity index (χ1) is 8.85. The van der Waals surface area contributed by atoms with Gasteiger partial charge in [0, 0.05) is 13.2 Å². The van der Waals surface area contributed by atoms with Crippen molar-refractivity contribution in [2.75, 3.05) is 13.2 Å². The Labute approximate surface area is 118 Å². The first kappa shape index (κ1) is 16.5. The van der Waals surface area contributed by atoms with Crippen molar-refractivity contribution in [2.24, 2.45) is 5.73 Å². The van der Waals surface area contributed by atoms with Crippen LogP contribution < -0.4 is 5.73 Å². The topological polar surface area (TPSA) is 53.1 Å². The SMILES string of the molecule is CCCn1ncc(Br)c1C(N)CCOCC(F)(F)F. The van der Waals surface area contributed by atoms with Gasteiger partial charge in [0.2, 0.25) is 0 Å². The van der Waals surface area contributed by atoms with Crippen LogP contribution in [0.4, 0.5) is 13.2 Å². The van der Waals surface area contributed by atoms with Gasteiger partial charge in [-0.05, 0) is 28.8 Å². The van der Waals surface area contributed by atoms with E-state index in [0.717, 1.165) is 23.1 Å². The fourth-order valence-corrected chi connectivity index (χ4v) is 2.26. The van der Waals surface area contributed by atoms with Crippen molar-refractivity contribution in [3.05, 3.63) is 16.4 Å². The third-order valence-corrected chi connectivity index (χ3v) is 3.07. The van der Waals surface area contributed by atoms with E-state index >= 15 is 0 Å². The Kier molecular flexibility index (Phi) is 6.28. The summed E-state index contributed by atoms with van der Waals surface area (Å²) in [6.45, 7) is 1.45. The zero-order valence-corrected chi connectivity index (χ0v) is 12.2. The molecule has 0 amide bonds. The van der Waals surface area contributed by atoms with Crippen LogP contribution in [0.5, 0.6) is 0 Å². The highest BCUT2D eigenvalue weighted by atomic mass is 79.9. The van der Waals surface area contributed by atoms with Gasteiger partial charge in [-0.15, -0.1) is 0 Å². The summed E-state index contributed by atoms with van der Waals surface area (Å²) in [6, 6.07) is -0.406. The second-order valence-corrected chi connectivity index (χ2v) is 5.02. The predicted molar refractivity (Wildman–Crippen MR) is 68.6 cm³/mol. The van der Waals surface area contributed by atoms with Gasteiger partial charge >= 0.3 is 6.18 Å². The van der Waals surface area contributed by atoms with Gasteiger partial charge in [-0.25, -0.2) is 0 Å². The number of nitrogens with two attached hydrogens (primary N) is 1. The van der Waals surface area contributed by atoms with Crippen LogP contribution in [-0.4, -0.2) is 29.2 Å². The smallest absolute Gasteiger partial charge is 0.372 e. The van der Waals surface area contributed by atoms with Crippen molar-refractivity contribution in [3.63, 3.8) is 0 Å². The molecule has 8 heteroatoms. The van der Waals surface area contributed by atoms with E-state index in [2.05, 4.69) is 25.8 Å². The molecule has 1 aromatic heterocycles. The molecule has 1 unspecified atom stereocenters. The Hall–Kier alpha value is -0.600. The van der Waals surface area contributed by atoms with Crippen molar-refractivity contribution in [2.45, 2.75) is 38.5 Å². The quantitative estimate of drug-likeness (QED) is 0.774. The van der Waals surface area contributed by atoms with Crippen LogP contribution in [0.2, 0.25) is 0 Å². The number of alkyl halides is 3. The molecule has 0 saturated heterocycles. The average molecular weight is 344 g/mol. The van der Waals surface area contributed by atoms with Crippen molar-refractivity contribution in [1.82, 2.24) is 9.78 Å². The fourth-order valence-electron chi connectivity index (χ4n) is 1.67. The molecule has 0 aromatic carbocycles. The van der Waals surface area contributed by atoms with E-state index in [1.807, 2.05) is 6.92 Å². The summed E-state index contributed by atoms with van der Waals surface area (Å²) >= 11 is 3.34. The molecule has 0 bridgehead atoms. The predicted octanol–water partition coefficient (Wildman–Crippen LogP) is 3.02. The van der Waals surface area contributed by atoms with Gasteiger partial charge in [0.15, 0.2) is 0 Å². The van der Waals surface area contributed by atoms with Crippen LogP contribution in [0.25, 0.3) is 0 Å². The number of ether oxygens (including phenoxy) is 1. The van der Waals surface area contributed by atoms with Crippen LogP contribution in [0.3, 0.4) is 0 Å². The van der Waals surface area contributed by atoms with Gasteiger partial charge in [0.1, 0.15) is 6.61 Å². The van der Waals surface area contributed by atoms with Crippen LogP contribution in [0, 0.1) is 0 Å². The largest absolute Gasteiger partial charge is 0.411 e. The Morgan fingerprint density at radius 2 is 2.21 bits per heavy atom. The molecule has 1 aromatic rings. The highest BCUT2D eigenvalue weighted by Crippen LogP contribution is 2.24. The molecule has 0 spiro atoms. The molecule has 4 nitrogen and oxygen atoms in total. The second-order valence-electron chi connectivity index (χ2n) is 4.16. The molecular weight excluding hydrogens is 327 g/mol. The lowest BCUT2D eigenvalue weighted by Gasteiger charge is -2.15. The lowest BCUT2D eigenvalue weighted by molar-refractivity contribution is -0.174. The first-order valence-electron chi connectivity index (χ1n) is 5.96. The number of halogens is 4. The van der Waals surface area contributed by atoms with Crippen LogP contribution >= 0.6 is 15.9 Å². The summed E-state index contributed by atoms with van der Waals surface area (Å²) in [4.78, 5) is 0. The van der Waals surface area contributed by atoms with E-state index in [9.17, 15) is 13.2 Å². The summed E-state index contributed by atoms with van der Waals surface area (Å²) in [5.74, 6) is 0. The van der Waals surface area contributed by atoms with Crippen LogP contribution in [0.15, 0.2) is 10.7 Å². The van der Waals surface area contributed by atoms with E-state index in [-0.39, 0.29) is 6.61 Å². The van der Waals surface area contributed by atoms with Gasteiger partial charge in [0.05, 0.1) is 22.4 Å². The molecule has 1 rings (SSSR count). The summed E-state index contributed by atoms with van der Waals surface area (Å²) in [5.41, 5.74) is 6.76. The van der Waals surface area contributed by atoms with Crippen molar-refractivity contribution in [3.8, 4) is 0 Å². The highest BCUT2D eigenvalue weighted by Gasteiger charge is 2.27. The molecule has 2 N–H and O–H groups in total. The van der Waals surface area contributed by atoms with E-state index in [1.54, 1.807) is 10.9 Å². The molecular formula is C11H17BrF3N3O. The highest BCUT2D eigenvalue weighted by molar-refractivity contribution is 9.10. The third-order valence-electron chi connectivity index (χ3n) is 2.46. The second kappa shape index (κ2) is 7.25. The fraction of sp³-hybridized carbons (Fsp3) is 0.727. The summed E-state index contributed by atoms with van der Waals surface area (Å²) in [7, 11) is 0. The maximum Gasteiger partial charge on any atom is 0.411 e. The molecule has 0 radical (unpaired) electrons.